The van der Waals surface area contributed by atoms with E-state index in [1.807, 2.05) is 30.3 Å². The number of rotatable bonds is 3. The van der Waals surface area contributed by atoms with Crippen LogP contribution in [0, 0.1) is 0 Å². The molecule has 2 aromatic carbocycles. The second kappa shape index (κ2) is 4.98. The lowest BCUT2D eigenvalue weighted by Gasteiger charge is -1.96. The Morgan fingerprint density at radius 1 is 1.00 bits per heavy atom. The van der Waals surface area contributed by atoms with Crippen LogP contribution in [0.4, 0.5) is 0 Å². The predicted octanol–water partition coefficient (Wildman–Crippen LogP) is 2.75. The lowest BCUT2D eigenvalue weighted by atomic mass is 10.2. The van der Waals surface area contributed by atoms with Gasteiger partial charge >= 0.3 is 7.80 Å². The molecule has 0 aliphatic carbocycles. The molecule has 2 rings (SSSR count). The molecule has 0 spiro atoms. The topological polar surface area (TPSA) is 57.5 Å². The van der Waals surface area contributed by atoms with Gasteiger partial charge in [-0.2, -0.15) is 0 Å². The van der Waals surface area contributed by atoms with Crippen LogP contribution in [0.15, 0.2) is 48.5 Å². The molecule has 0 fully saturated rings. The molecule has 0 saturated heterocycles. The lowest BCUT2D eigenvalue weighted by molar-refractivity contribution is 0.463. The smallest absolute Gasteiger partial charge is 0.385 e. The first-order valence-corrected chi connectivity index (χ1v) is 6.62. The minimum absolute atomic E-state index is 0.00853. The van der Waals surface area contributed by atoms with Gasteiger partial charge in [0.2, 0.25) is 5.30 Å². The summed E-state index contributed by atoms with van der Waals surface area (Å²) in [6, 6.07) is 13.5. The van der Waals surface area contributed by atoms with E-state index in [2.05, 4.69) is 0 Å². The Balaban J connectivity index is 2.23. The van der Waals surface area contributed by atoms with Crippen molar-refractivity contribution < 1.29 is 14.8 Å². The summed E-state index contributed by atoms with van der Waals surface area (Å²) in [5.74, 6) is -0.0333. The molecule has 0 aliphatic rings. The minimum Gasteiger partial charge on any atom is -0.508 e. The standard InChI is InChI=1S/C13H11O3P/c14-11-6-7-12(15)13(8-11)17(16)9-10-4-2-1-3-5-10/h1-8H,9H2,(H-,14,15,16)/p+1. The molecule has 0 saturated carbocycles. The highest BCUT2D eigenvalue weighted by Gasteiger charge is 2.24. The Hall–Kier alpha value is -1.86. The van der Waals surface area contributed by atoms with Crippen molar-refractivity contribution in [1.29, 1.82) is 0 Å². The van der Waals surface area contributed by atoms with Crippen LogP contribution >= 0.6 is 7.80 Å². The molecule has 4 heteroatoms. The number of phenols is 2. The molecule has 0 amide bonds. The van der Waals surface area contributed by atoms with Gasteiger partial charge in [0.25, 0.3) is 0 Å². The van der Waals surface area contributed by atoms with Crippen LogP contribution < -0.4 is 5.30 Å². The molecule has 0 bridgehead atoms. The summed E-state index contributed by atoms with van der Waals surface area (Å²) in [5.41, 5.74) is 0.941. The third-order valence-electron chi connectivity index (χ3n) is 2.40. The molecule has 0 heterocycles. The van der Waals surface area contributed by atoms with E-state index >= 15 is 0 Å². The number of hydrogen-bond acceptors (Lipinski definition) is 3. The molecule has 2 N–H and O–H groups in total. The van der Waals surface area contributed by atoms with E-state index in [9.17, 15) is 14.8 Å². The first-order chi connectivity index (χ1) is 8.16. The van der Waals surface area contributed by atoms with Crippen molar-refractivity contribution in [1.82, 2.24) is 0 Å². The van der Waals surface area contributed by atoms with Crippen molar-refractivity contribution in [2.24, 2.45) is 0 Å². The first-order valence-electron chi connectivity index (χ1n) is 5.17. The van der Waals surface area contributed by atoms with E-state index in [0.717, 1.165) is 5.56 Å². The third-order valence-corrected chi connectivity index (χ3v) is 3.94. The van der Waals surface area contributed by atoms with Crippen LogP contribution in [0.2, 0.25) is 0 Å². The Bertz CT molecular complexity index is 538. The highest BCUT2D eigenvalue weighted by atomic mass is 31.1. The molecule has 86 valence electrons. The summed E-state index contributed by atoms with van der Waals surface area (Å²) >= 11 is 0. The zero-order valence-corrected chi connectivity index (χ0v) is 9.97. The zero-order valence-electron chi connectivity index (χ0n) is 9.08. The molecular formula is C13H12O3P+. The maximum atomic E-state index is 12.1. The fourth-order valence-corrected chi connectivity index (χ4v) is 2.87. The third kappa shape index (κ3) is 2.83. The van der Waals surface area contributed by atoms with Crippen LogP contribution in [0.25, 0.3) is 0 Å². The van der Waals surface area contributed by atoms with Gasteiger partial charge in [-0.1, -0.05) is 34.9 Å². The van der Waals surface area contributed by atoms with Gasteiger partial charge in [-0.15, -0.1) is 0 Å². The van der Waals surface area contributed by atoms with Crippen LogP contribution in [0.1, 0.15) is 5.56 Å². The highest BCUT2D eigenvalue weighted by Crippen LogP contribution is 2.31. The second-order valence-corrected chi connectivity index (χ2v) is 5.25. The molecule has 0 aliphatic heterocycles. The maximum absolute atomic E-state index is 12.1. The van der Waals surface area contributed by atoms with Crippen molar-refractivity contribution in [3.63, 3.8) is 0 Å². The van der Waals surface area contributed by atoms with E-state index in [-0.39, 0.29) is 11.5 Å². The summed E-state index contributed by atoms with van der Waals surface area (Å²) in [4.78, 5) is 0. The van der Waals surface area contributed by atoms with Crippen LogP contribution in [0.5, 0.6) is 11.5 Å². The SMILES string of the molecule is O=[P+](Cc1ccccc1)c1cc(O)ccc1O. The average molecular weight is 247 g/mol. The van der Waals surface area contributed by atoms with Crippen molar-refractivity contribution in [2.75, 3.05) is 0 Å². The van der Waals surface area contributed by atoms with Crippen molar-refractivity contribution in [3.05, 3.63) is 54.1 Å². The summed E-state index contributed by atoms with van der Waals surface area (Å²) in [7, 11) is -1.75. The van der Waals surface area contributed by atoms with E-state index < -0.39 is 7.80 Å². The van der Waals surface area contributed by atoms with Crippen LogP contribution in [-0.2, 0) is 10.7 Å². The van der Waals surface area contributed by atoms with Crippen molar-refractivity contribution in [3.8, 4) is 11.5 Å². The van der Waals surface area contributed by atoms with Crippen molar-refractivity contribution in [2.45, 2.75) is 6.16 Å². The van der Waals surface area contributed by atoms with Gasteiger partial charge in [0.1, 0.15) is 5.75 Å². The van der Waals surface area contributed by atoms with Gasteiger partial charge in [0.15, 0.2) is 11.9 Å². The monoisotopic (exact) mass is 247 g/mol. The fraction of sp³-hybridized carbons (Fsp3) is 0.0769. The van der Waals surface area contributed by atoms with Gasteiger partial charge in [-0.25, -0.2) is 0 Å². The van der Waals surface area contributed by atoms with E-state index in [4.69, 9.17) is 0 Å². The van der Waals surface area contributed by atoms with Crippen LogP contribution in [-0.4, -0.2) is 10.2 Å². The van der Waals surface area contributed by atoms with Gasteiger partial charge in [0, 0.05) is 11.6 Å². The van der Waals surface area contributed by atoms with Crippen molar-refractivity contribution >= 4 is 13.1 Å². The number of benzene rings is 2. The lowest BCUT2D eigenvalue weighted by Crippen LogP contribution is -1.98. The molecule has 2 aromatic rings. The van der Waals surface area contributed by atoms with E-state index in [1.165, 1.54) is 18.2 Å². The van der Waals surface area contributed by atoms with E-state index in [0.29, 0.717) is 11.5 Å². The molecular weight excluding hydrogens is 235 g/mol. The Morgan fingerprint density at radius 2 is 1.71 bits per heavy atom. The normalized spacial score (nSPS) is 11.2. The fourth-order valence-electron chi connectivity index (χ4n) is 1.55. The van der Waals surface area contributed by atoms with Crippen LogP contribution in [0.3, 0.4) is 0 Å². The Kier molecular flexibility index (Phi) is 3.40. The van der Waals surface area contributed by atoms with Gasteiger partial charge in [-0.05, 0) is 12.1 Å². The molecule has 1 atom stereocenters. The summed E-state index contributed by atoms with van der Waals surface area (Å²) in [6.07, 6.45) is 0.354. The summed E-state index contributed by atoms with van der Waals surface area (Å²) < 4.78 is 12.1. The van der Waals surface area contributed by atoms with Gasteiger partial charge in [0.05, 0.1) is 0 Å². The minimum atomic E-state index is -1.75. The average Bonchev–Trinajstić information content (AvgIpc) is 2.33. The summed E-state index contributed by atoms with van der Waals surface area (Å²) in [6.45, 7) is 0. The maximum Gasteiger partial charge on any atom is 0.385 e. The quantitative estimate of drug-likeness (QED) is 0.647. The van der Waals surface area contributed by atoms with Gasteiger partial charge < -0.3 is 10.2 Å². The Labute approximate surface area is 100 Å². The largest absolute Gasteiger partial charge is 0.508 e. The molecule has 17 heavy (non-hydrogen) atoms. The summed E-state index contributed by atoms with van der Waals surface area (Å²) in [5, 5.41) is 19.2. The molecule has 0 radical (unpaired) electrons. The van der Waals surface area contributed by atoms with E-state index in [1.54, 1.807) is 0 Å². The van der Waals surface area contributed by atoms with Gasteiger partial charge in [-0.3, -0.25) is 0 Å². The first kappa shape index (κ1) is 11.6. The second-order valence-electron chi connectivity index (χ2n) is 3.70. The number of phenolic OH excluding ortho intramolecular Hbond substituents is 2. The number of aromatic hydroxyl groups is 2. The number of hydrogen-bond donors (Lipinski definition) is 2. The highest BCUT2D eigenvalue weighted by molar-refractivity contribution is 7.52. The zero-order chi connectivity index (χ0) is 12.3. The molecule has 0 aromatic heterocycles. The predicted molar refractivity (Wildman–Crippen MR) is 67.2 cm³/mol. The molecule has 1 unspecified atom stereocenters. The Morgan fingerprint density at radius 3 is 2.41 bits per heavy atom. The molecule has 3 nitrogen and oxygen atoms in total.